The van der Waals surface area contributed by atoms with Gasteiger partial charge in [0, 0.05) is 19.3 Å². The van der Waals surface area contributed by atoms with E-state index in [0.29, 0.717) is 42.7 Å². The Morgan fingerprint density at radius 1 is 1.14 bits per heavy atom. The predicted molar refractivity (Wildman–Crippen MR) is 53.8 cm³/mol. The number of hydrogen-bond donors (Lipinski definition) is 0. The van der Waals surface area contributed by atoms with Gasteiger partial charge in [-0.15, -0.1) is 0 Å². The second-order valence-corrected chi connectivity index (χ2v) is 4.60. The molecule has 0 bridgehead atoms. The van der Waals surface area contributed by atoms with Gasteiger partial charge in [0.2, 0.25) is 0 Å². The van der Waals surface area contributed by atoms with Crippen molar-refractivity contribution in [3.8, 4) is 0 Å². The molecule has 0 spiro atoms. The standard InChI is InChI=1S/C12H16O2/c1-7-5-9(13)3-4-10-8(2)12(14)6-11(7)10/h7,11H,3-6H2,1-2H3. The van der Waals surface area contributed by atoms with Crippen LogP contribution in [0.4, 0.5) is 0 Å². The van der Waals surface area contributed by atoms with Crippen molar-refractivity contribution < 1.29 is 9.59 Å². The van der Waals surface area contributed by atoms with Gasteiger partial charge < -0.3 is 0 Å². The predicted octanol–water partition coefficient (Wildman–Crippen LogP) is 2.28. The summed E-state index contributed by atoms with van der Waals surface area (Å²) >= 11 is 0. The Bertz CT molecular complexity index is 325. The molecule has 2 aliphatic rings. The number of fused-ring (bicyclic) bond motifs is 1. The summed E-state index contributed by atoms with van der Waals surface area (Å²) in [5.74, 6) is 1.39. The van der Waals surface area contributed by atoms with Crippen LogP contribution in [-0.2, 0) is 9.59 Å². The van der Waals surface area contributed by atoms with Crippen LogP contribution >= 0.6 is 0 Å². The lowest BCUT2D eigenvalue weighted by Crippen LogP contribution is -2.12. The highest BCUT2D eigenvalue weighted by Crippen LogP contribution is 2.40. The molecular weight excluding hydrogens is 176 g/mol. The topological polar surface area (TPSA) is 34.1 Å². The third-order valence-corrected chi connectivity index (χ3v) is 3.66. The fourth-order valence-corrected chi connectivity index (χ4v) is 2.73. The molecule has 0 amide bonds. The van der Waals surface area contributed by atoms with Gasteiger partial charge >= 0.3 is 0 Å². The van der Waals surface area contributed by atoms with Crippen LogP contribution in [-0.4, -0.2) is 11.6 Å². The minimum Gasteiger partial charge on any atom is -0.300 e. The quantitative estimate of drug-likeness (QED) is 0.590. The lowest BCUT2D eigenvalue weighted by molar-refractivity contribution is -0.120. The van der Waals surface area contributed by atoms with E-state index in [0.717, 1.165) is 12.0 Å². The summed E-state index contributed by atoms with van der Waals surface area (Å²) in [7, 11) is 0. The van der Waals surface area contributed by atoms with Gasteiger partial charge in [0.1, 0.15) is 5.78 Å². The smallest absolute Gasteiger partial charge is 0.159 e. The highest BCUT2D eigenvalue weighted by molar-refractivity contribution is 5.99. The van der Waals surface area contributed by atoms with Crippen LogP contribution in [0.5, 0.6) is 0 Å². The average Bonchev–Trinajstić information content (AvgIpc) is 2.32. The maximum absolute atomic E-state index is 11.5. The summed E-state index contributed by atoms with van der Waals surface area (Å²) < 4.78 is 0. The molecule has 0 N–H and O–H groups in total. The molecular formula is C12H16O2. The van der Waals surface area contributed by atoms with Gasteiger partial charge in [-0.1, -0.05) is 12.5 Å². The third-order valence-electron chi connectivity index (χ3n) is 3.66. The molecule has 2 unspecified atom stereocenters. The van der Waals surface area contributed by atoms with E-state index in [1.807, 2.05) is 6.92 Å². The molecule has 0 aromatic carbocycles. The Labute approximate surface area is 84.4 Å². The summed E-state index contributed by atoms with van der Waals surface area (Å²) in [6, 6.07) is 0. The first-order valence-corrected chi connectivity index (χ1v) is 5.34. The molecule has 1 saturated carbocycles. The minimum absolute atomic E-state index is 0.297. The molecule has 0 radical (unpaired) electrons. The summed E-state index contributed by atoms with van der Waals surface area (Å²) in [6.45, 7) is 4.01. The van der Waals surface area contributed by atoms with Crippen LogP contribution in [0.3, 0.4) is 0 Å². The van der Waals surface area contributed by atoms with Crippen molar-refractivity contribution in [1.29, 1.82) is 0 Å². The van der Waals surface area contributed by atoms with Gasteiger partial charge in [-0.2, -0.15) is 0 Å². The Morgan fingerprint density at radius 3 is 2.57 bits per heavy atom. The fourth-order valence-electron chi connectivity index (χ4n) is 2.73. The normalized spacial score (nSPS) is 33.3. The zero-order chi connectivity index (χ0) is 10.3. The van der Waals surface area contributed by atoms with Crippen molar-refractivity contribution in [2.75, 3.05) is 0 Å². The average molecular weight is 192 g/mol. The van der Waals surface area contributed by atoms with Gasteiger partial charge in [-0.25, -0.2) is 0 Å². The monoisotopic (exact) mass is 192 g/mol. The van der Waals surface area contributed by atoms with Gasteiger partial charge in [0.25, 0.3) is 0 Å². The number of carbonyl (C=O) groups excluding carboxylic acids is 2. The largest absolute Gasteiger partial charge is 0.300 e. The summed E-state index contributed by atoms with van der Waals surface area (Å²) in [6.07, 6.45) is 2.77. The molecule has 2 heteroatoms. The number of ketones is 2. The highest BCUT2D eigenvalue weighted by Gasteiger charge is 2.35. The number of hydrogen-bond acceptors (Lipinski definition) is 2. The van der Waals surface area contributed by atoms with E-state index in [-0.39, 0.29) is 0 Å². The van der Waals surface area contributed by atoms with Crippen LogP contribution in [0.2, 0.25) is 0 Å². The Balaban J connectivity index is 2.33. The Kier molecular flexibility index (Phi) is 2.30. The van der Waals surface area contributed by atoms with Gasteiger partial charge in [0.05, 0.1) is 0 Å². The molecule has 0 saturated heterocycles. The second kappa shape index (κ2) is 3.34. The highest BCUT2D eigenvalue weighted by atomic mass is 16.1. The van der Waals surface area contributed by atoms with Crippen LogP contribution in [0, 0.1) is 11.8 Å². The van der Waals surface area contributed by atoms with E-state index in [9.17, 15) is 9.59 Å². The lowest BCUT2D eigenvalue weighted by Gasteiger charge is -2.17. The van der Waals surface area contributed by atoms with Crippen LogP contribution in [0.1, 0.15) is 39.5 Å². The number of carbonyl (C=O) groups is 2. The van der Waals surface area contributed by atoms with Gasteiger partial charge in [-0.3, -0.25) is 9.59 Å². The number of allylic oxidation sites excluding steroid dienone is 2. The maximum Gasteiger partial charge on any atom is 0.159 e. The molecule has 2 aliphatic carbocycles. The zero-order valence-corrected chi connectivity index (χ0v) is 8.80. The van der Waals surface area contributed by atoms with Crippen LogP contribution < -0.4 is 0 Å². The summed E-state index contributed by atoms with van der Waals surface area (Å²) in [5.41, 5.74) is 2.21. The molecule has 76 valence electrons. The van der Waals surface area contributed by atoms with Gasteiger partial charge in [0.15, 0.2) is 5.78 Å². The van der Waals surface area contributed by atoms with Crippen LogP contribution in [0.25, 0.3) is 0 Å². The van der Waals surface area contributed by atoms with E-state index >= 15 is 0 Å². The first kappa shape index (κ1) is 9.63. The van der Waals surface area contributed by atoms with E-state index < -0.39 is 0 Å². The summed E-state index contributed by atoms with van der Waals surface area (Å²) in [5, 5.41) is 0. The van der Waals surface area contributed by atoms with Crippen LogP contribution in [0.15, 0.2) is 11.1 Å². The van der Waals surface area contributed by atoms with Crippen molar-refractivity contribution in [1.82, 2.24) is 0 Å². The SMILES string of the molecule is CC1=C2CCC(=O)CC(C)C2CC1=O. The van der Waals surface area contributed by atoms with Crippen molar-refractivity contribution in [2.24, 2.45) is 11.8 Å². The van der Waals surface area contributed by atoms with Crippen molar-refractivity contribution in [2.45, 2.75) is 39.5 Å². The Hall–Kier alpha value is -0.920. The molecule has 0 aliphatic heterocycles. The number of Topliss-reactive ketones (excluding diaryl/α,β-unsaturated/α-hetero) is 2. The van der Waals surface area contributed by atoms with Crippen molar-refractivity contribution in [3.63, 3.8) is 0 Å². The minimum atomic E-state index is 0.297. The molecule has 2 rings (SSSR count). The van der Waals surface area contributed by atoms with E-state index in [2.05, 4.69) is 6.92 Å². The Morgan fingerprint density at radius 2 is 1.86 bits per heavy atom. The molecule has 14 heavy (non-hydrogen) atoms. The maximum atomic E-state index is 11.5. The van der Waals surface area contributed by atoms with E-state index in [1.54, 1.807) is 0 Å². The first-order chi connectivity index (χ1) is 6.59. The van der Waals surface area contributed by atoms with E-state index in [4.69, 9.17) is 0 Å². The van der Waals surface area contributed by atoms with Crippen molar-refractivity contribution >= 4 is 11.6 Å². The molecule has 0 aromatic rings. The van der Waals surface area contributed by atoms with E-state index in [1.165, 1.54) is 5.57 Å². The molecule has 0 heterocycles. The fraction of sp³-hybridized carbons (Fsp3) is 0.667. The molecule has 2 atom stereocenters. The molecule has 1 fully saturated rings. The third kappa shape index (κ3) is 1.43. The first-order valence-electron chi connectivity index (χ1n) is 5.34. The zero-order valence-electron chi connectivity index (χ0n) is 8.80. The molecule has 0 aromatic heterocycles. The van der Waals surface area contributed by atoms with Crippen molar-refractivity contribution in [3.05, 3.63) is 11.1 Å². The molecule has 2 nitrogen and oxygen atoms in total. The van der Waals surface area contributed by atoms with Gasteiger partial charge in [-0.05, 0) is 30.8 Å². The summed E-state index contributed by atoms with van der Waals surface area (Å²) in [4.78, 5) is 22.9. The second-order valence-electron chi connectivity index (χ2n) is 4.60. The lowest BCUT2D eigenvalue weighted by atomic mass is 9.87. The number of rotatable bonds is 0.